The summed E-state index contributed by atoms with van der Waals surface area (Å²) in [5.74, 6) is 0.693. The van der Waals surface area contributed by atoms with Gasteiger partial charge in [-0.25, -0.2) is 0 Å². The Labute approximate surface area is 199 Å². The molecule has 4 aliphatic carbocycles. The van der Waals surface area contributed by atoms with Crippen LogP contribution in [0.5, 0.6) is 0 Å². The highest BCUT2D eigenvalue weighted by Crippen LogP contribution is 2.68. The van der Waals surface area contributed by atoms with Gasteiger partial charge in [-0.3, -0.25) is 9.59 Å². The number of hydrogen-bond donors (Lipinski definition) is 3. The lowest BCUT2D eigenvalue weighted by Gasteiger charge is -2.61. The Morgan fingerprint density at radius 3 is 2.39 bits per heavy atom. The van der Waals surface area contributed by atoms with Gasteiger partial charge in [-0.15, -0.1) is 0 Å². The van der Waals surface area contributed by atoms with Gasteiger partial charge in [0, 0.05) is 31.6 Å². The molecule has 0 aliphatic heterocycles. The molecular weight excluding hydrogens is 416 g/mol. The molecule has 9 atom stereocenters. The molecule has 4 saturated carbocycles. The monoisotopic (exact) mass is 462 g/mol. The van der Waals surface area contributed by atoms with E-state index in [-0.39, 0.29) is 35.0 Å². The minimum absolute atomic E-state index is 0.0544. The summed E-state index contributed by atoms with van der Waals surface area (Å²) in [4.78, 5) is 24.5. The zero-order chi connectivity index (χ0) is 24.2. The van der Waals surface area contributed by atoms with E-state index < -0.39 is 11.8 Å². The molecule has 0 aromatic heterocycles. The van der Waals surface area contributed by atoms with Gasteiger partial charge in [0.15, 0.2) is 5.79 Å². The Morgan fingerprint density at radius 1 is 1.00 bits per heavy atom. The number of carbonyl (C=O) groups excluding carboxylic acids is 1. The highest BCUT2D eigenvalue weighted by atomic mass is 16.5. The van der Waals surface area contributed by atoms with E-state index in [1.54, 1.807) is 0 Å². The van der Waals surface area contributed by atoms with Crippen LogP contribution in [-0.4, -0.2) is 32.9 Å². The predicted molar refractivity (Wildman–Crippen MR) is 127 cm³/mol. The number of rotatable bonds is 7. The SMILES string of the molecule is CC(CCC[C@@H](C)[C@H]1CC[C@H]2[C@@H]3C(=O)C[C@@H]4CC(O)(O)CC[C@]4(C)[C@H]3CC[C@]12C)CC(=O)O. The summed E-state index contributed by atoms with van der Waals surface area (Å²) in [6.45, 7) is 9.23. The molecule has 0 aromatic rings. The molecule has 4 fully saturated rings. The Kier molecular flexibility index (Phi) is 6.81. The summed E-state index contributed by atoms with van der Waals surface area (Å²) in [7, 11) is 0. The van der Waals surface area contributed by atoms with Crippen LogP contribution < -0.4 is 0 Å². The van der Waals surface area contributed by atoms with E-state index in [0.717, 1.165) is 38.5 Å². The van der Waals surface area contributed by atoms with E-state index in [0.29, 0.717) is 48.7 Å². The van der Waals surface area contributed by atoms with Crippen molar-refractivity contribution in [2.75, 3.05) is 0 Å². The first kappa shape index (κ1) is 25.2. The first-order chi connectivity index (χ1) is 15.4. The Morgan fingerprint density at radius 2 is 1.70 bits per heavy atom. The predicted octanol–water partition coefficient (Wildman–Crippen LogP) is 5.42. The second-order valence-corrected chi connectivity index (χ2v) is 13.1. The number of carbonyl (C=O) groups is 2. The lowest BCUT2D eigenvalue weighted by Crippen LogP contribution is -2.59. The molecular formula is C28H46O5. The quantitative estimate of drug-likeness (QED) is 0.439. The molecule has 3 N–H and O–H groups in total. The number of carboxylic acid groups (broad SMARTS) is 1. The van der Waals surface area contributed by atoms with Crippen LogP contribution in [0.15, 0.2) is 0 Å². The van der Waals surface area contributed by atoms with Gasteiger partial charge in [0.2, 0.25) is 0 Å². The molecule has 33 heavy (non-hydrogen) atoms. The average Bonchev–Trinajstić information content (AvgIpc) is 3.06. The van der Waals surface area contributed by atoms with Crippen molar-refractivity contribution in [3.8, 4) is 0 Å². The van der Waals surface area contributed by atoms with Crippen LogP contribution in [-0.2, 0) is 9.59 Å². The number of fused-ring (bicyclic) bond motifs is 5. The highest BCUT2D eigenvalue weighted by molar-refractivity contribution is 5.83. The third-order valence-corrected chi connectivity index (χ3v) is 11.1. The lowest BCUT2D eigenvalue weighted by molar-refractivity contribution is -0.230. The molecule has 1 unspecified atom stereocenters. The zero-order valence-corrected chi connectivity index (χ0v) is 21.2. The molecule has 5 heteroatoms. The fourth-order valence-electron chi connectivity index (χ4n) is 9.27. The van der Waals surface area contributed by atoms with Gasteiger partial charge >= 0.3 is 5.97 Å². The van der Waals surface area contributed by atoms with Crippen LogP contribution in [0.3, 0.4) is 0 Å². The van der Waals surface area contributed by atoms with Crippen LogP contribution in [0, 0.1) is 52.3 Å². The summed E-state index contributed by atoms with van der Waals surface area (Å²) in [5.41, 5.74) is 0.275. The highest BCUT2D eigenvalue weighted by Gasteiger charge is 2.63. The number of Topliss-reactive ketones (excluding diaryl/α,β-unsaturated/α-hetero) is 1. The van der Waals surface area contributed by atoms with E-state index in [1.807, 2.05) is 6.92 Å². The molecule has 0 radical (unpaired) electrons. The van der Waals surface area contributed by atoms with Crippen LogP contribution in [0.25, 0.3) is 0 Å². The molecule has 4 rings (SSSR count). The van der Waals surface area contributed by atoms with E-state index in [2.05, 4.69) is 20.8 Å². The van der Waals surface area contributed by atoms with Crippen LogP contribution in [0.2, 0.25) is 0 Å². The van der Waals surface area contributed by atoms with Crippen molar-refractivity contribution in [1.82, 2.24) is 0 Å². The standard InChI is InChI=1S/C28H46O5/c1-17(14-24(30)31)6-5-7-18(2)20-8-9-21-25-22(10-11-27(20,21)4)26(3)12-13-28(32,33)16-19(26)15-23(25)29/h17-22,25,32-33H,5-16H2,1-4H3,(H,30,31)/t17?,18-,19-,20-,21+,22+,25+,26+,27-/m1/s1. The van der Waals surface area contributed by atoms with Crippen molar-refractivity contribution < 1.29 is 24.9 Å². The molecule has 0 heterocycles. The van der Waals surface area contributed by atoms with Crippen molar-refractivity contribution in [3.63, 3.8) is 0 Å². The average molecular weight is 463 g/mol. The fraction of sp³-hybridized carbons (Fsp3) is 0.929. The zero-order valence-electron chi connectivity index (χ0n) is 21.2. The molecule has 5 nitrogen and oxygen atoms in total. The van der Waals surface area contributed by atoms with Gasteiger partial charge < -0.3 is 15.3 Å². The normalized spacial score (nSPS) is 43.8. The Hall–Kier alpha value is -0.940. The maximum atomic E-state index is 13.5. The molecule has 0 amide bonds. The van der Waals surface area contributed by atoms with E-state index >= 15 is 0 Å². The van der Waals surface area contributed by atoms with E-state index in [4.69, 9.17) is 5.11 Å². The lowest BCUT2D eigenvalue weighted by atomic mass is 9.44. The molecule has 0 spiro atoms. The smallest absolute Gasteiger partial charge is 0.303 e. The van der Waals surface area contributed by atoms with Crippen molar-refractivity contribution in [1.29, 1.82) is 0 Å². The third kappa shape index (κ3) is 4.53. The van der Waals surface area contributed by atoms with Crippen molar-refractivity contribution >= 4 is 11.8 Å². The summed E-state index contributed by atoms with van der Waals surface area (Å²) < 4.78 is 0. The molecule has 0 aromatic carbocycles. The van der Waals surface area contributed by atoms with Gasteiger partial charge in [0.1, 0.15) is 5.78 Å². The molecule has 4 aliphatic rings. The maximum Gasteiger partial charge on any atom is 0.303 e. The first-order valence-corrected chi connectivity index (χ1v) is 13.6. The van der Waals surface area contributed by atoms with Gasteiger partial charge in [-0.05, 0) is 78.4 Å². The van der Waals surface area contributed by atoms with Crippen LogP contribution in [0.1, 0.15) is 105 Å². The number of ketones is 1. The summed E-state index contributed by atoms with van der Waals surface area (Å²) in [6, 6.07) is 0. The Bertz CT molecular complexity index is 761. The van der Waals surface area contributed by atoms with Gasteiger partial charge in [-0.2, -0.15) is 0 Å². The number of hydrogen-bond acceptors (Lipinski definition) is 4. The molecule has 0 bridgehead atoms. The van der Waals surface area contributed by atoms with Crippen LogP contribution >= 0.6 is 0 Å². The van der Waals surface area contributed by atoms with Gasteiger partial charge in [-0.1, -0.05) is 47.0 Å². The maximum absolute atomic E-state index is 13.5. The van der Waals surface area contributed by atoms with E-state index in [1.165, 1.54) is 12.8 Å². The van der Waals surface area contributed by atoms with Crippen molar-refractivity contribution in [2.45, 2.75) is 111 Å². The van der Waals surface area contributed by atoms with Gasteiger partial charge in [0.25, 0.3) is 0 Å². The molecule has 188 valence electrons. The summed E-state index contributed by atoms with van der Waals surface area (Å²) in [6.07, 6.45) is 10.2. The molecule has 0 saturated heterocycles. The van der Waals surface area contributed by atoms with Crippen LogP contribution in [0.4, 0.5) is 0 Å². The number of carboxylic acids is 1. The van der Waals surface area contributed by atoms with Crippen molar-refractivity contribution in [3.05, 3.63) is 0 Å². The minimum Gasteiger partial charge on any atom is -0.481 e. The topological polar surface area (TPSA) is 94.8 Å². The summed E-state index contributed by atoms with van der Waals surface area (Å²) in [5, 5.41) is 29.5. The first-order valence-electron chi connectivity index (χ1n) is 13.6. The number of aliphatic carboxylic acids is 1. The Balaban J connectivity index is 1.44. The largest absolute Gasteiger partial charge is 0.481 e. The second-order valence-electron chi connectivity index (χ2n) is 13.1. The summed E-state index contributed by atoms with van der Waals surface area (Å²) >= 11 is 0. The second kappa shape index (κ2) is 8.93. The fourth-order valence-corrected chi connectivity index (χ4v) is 9.27. The minimum atomic E-state index is -1.60. The van der Waals surface area contributed by atoms with Crippen molar-refractivity contribution in [2.24, 2.45) is 52.3 Å². The third-order valence-electron chi connectivity index (χ3n) is 11.1. The van der Waals surface area contributed by atoms with Gasteiger partial charge in [0.05, 0.1) is 0 Å². The van der Waals surface area contributed by atoms with E-state index in [9.17, 15) is 19.8 Å². The number of aliphatic hydroxyl groups is 2.